The van der Waals surface area contributed by atoms with E-state index in [-0.39, 0.29) is 6.10 Å². The predicted octanol–water partition coefficient (Wildman–Crippen LogP) is 3.37. The van der Waals surface area contributed by atoms with Crippen molar-refractivity contribution in [3.8, 4) is 0 Å². The lowest BCUT2D eigenvalue weighted by Crippen LogP contribution is -2.64. The van der Waals surface area contributed by atoms with Gasteiger partial charge in [-0.3, -0.25) is 0 Å². The normalized spacial score (nSPS) is 27.0. The van der Waals surface area contributed by atoms with Crippen molar-refractivity contribution in [2.24, 2.45) is 5.41 Å². The molecule has 1 aliphatic rings. The molecule has 1 saturated carbocycles. The summed E-state index contributed by atoms with van der Waals surface area (Å²) in [5, 5.41) is 3.70. The highest BCUT2D eigenvalue weighted by Gasteiger charge is 2.53. The average Bonchev–Trinajstić information content (AvgIpc) is 2.41. The molecule has 0 amide bonds. The fraction of sp³-hybridized carbons (Fsp3) is 1.00. The Hall–Kier alpha value is -0.120. The average molecular weight is 271 g/mol. The van der Waals surface area contributed by atoms with Crippen LogP contribution in [0.15, 0.2) is 0 Å². The van der Waals surface area contributed by atoms with Crippen LogP contribution in [0.2, 0.25) is 0 Å². The van der Waals surface area contributed by atoms with Gasteiger partial charge in [-0.15, -0.1) is 0 Å². The molecule has 114 valence electrons. The molecular weight excluding hydrogens is 238 g/mol. The number of ether oxygens (including phenoxy) is 2. The second kappa shape index (κ2) is 8.23. The lowest BCUT2D eigenvalue weighted by atomic mass is 9.58. The summed E-state index contributed by atoms with van der Waals surface area (Å²) in [4.78, 5) is 0. The molecule has 0 aliphatic heterocycles. The molecule has 1 N–H and O–H groups in total. The molecule has 0 spiro atoms. The zero-order valence-electron chi connectivity index (χ0n) is 13.5. The fourth-order valence-corrected chi connectivity index (χ4v) is 3.35. The van der Waals surface area contributed by atoms with Gasteiger partial charge in [0.2, 0.25) is 0 Å². The van der Waals surface area contributed by atoms with E-state index in [2.05, 4.69) is 33.0 Å². The third kappa shape index (κ3) is 3.93. The Morgan fingerprint density at radius 2 is 1.89 bits per heavy atom. The highest BCUT2D eigenvalue weighted by molar-refractivity contribution is 5.06. The van der Waals surface area contributed by atoms with Gasteiger partial charge in [-0.25, -0.2) is 0 Å². The second-order valence-electron chi connectivity index (χ2n) is 5.78. The molecule has 1 fully saturated rings. The zero-order valence-corrected chi connectivity index (χ0v) is 13.5. The van der Waals surface area contributed by atoms with Crippen LogP contribution in [0, 0.1) is 5.41 Å². The van der Waals surface area contributed by atoms with Crippen LogP contribution in [-0.4, -0.2) is 38.0 Å². The van der Waals surface area contributed by atoms with Gasteiger partial charge in [0.05, 0.1) is 18.8 Å². The van der Waals surface area contributed by atoms with Crippen LogP contribution in [0.25, 0.3) is 0 Å². The van der Waals surface area contributed by atoms with Crippen LogP contribution in [0.4, 0.5) is 0 Å². The van der Waals surface area contributed by atoms with Crippen molar-refractivity contribution in [1.82, 2.24) is 5.32 Å². The first kappa shape index (κ1) is 16.9. The Kier molecular flexibility index (Phi) is 7.33. The van der Waals surface area contributed by atoms with Crippen molar-refractivity contribution in [3.63, 3.8) is 0 Å². The summed E-state index contributed by atoms with van der Waals surface area (Å²) < 4.78 is 11.7. The van der Waals surface area contributed by atoms with E-state index in [4.69, 9.17) is 9.47 Å². The molecule has 0 aromatic rings. The van der Waals surface area contributed by atoms with Crippen LogP contribution < -0.4 is 5.32 Å². The van der Waals surface area contributed by atoms with Crippen molar-refractivity contribution in [3.05, 3.63) is 0 Å². The summed E-state index contributed by atoms with van der Waals surface area (Å²) >= 11 is 0. The van der Waals surface area contributed by atoms with Gasteiger partial charge in [0.1, 0.15) is 0 Å². The molecule has 1 rings (SSSR count). The summed E-state index contributed by atoms with van der Waals surface area (Å²) in [5.41, 5.74) is 0.329. The minimum atomic E-state index is 0.203. The Balaban J connectivity index is 2.50. The van der Waals surface area contributed by atoms with Crippen molar-refractivity contribution in [1.29, 1.82) is 0 Å². The standard InChI is InChI=1S/C16H33NO2/c1-6-10-17-14-11-15(16(14,7-2)8-3)19-13(5)12-18-9-4/h13-15,17H,6-12H2,1-5H3. The molecule has 1 aliphatic carbocycles. The van der Waals surface area contributed by atoms with Crippen molar-refractivity contribution in [2.75, 3.05) is 19.8 Å². The maximum absolute atomic E-state index is 6.23. The first-order valence-corrected chi connectivity index (χ1v) is 8.11. The van der Waals surface area contributed by atoms with Crippen LogP contribution in [-0.2, 0) is 9.47 Å². The van der Waals surface area contributed by atoms with Gasteiger partial charge < -0.3 is 14.8 Å². The maximum atomic E-state index is 6.23. The van der Waals surface area contributed by atoms with E-state index >= 15 is 0 Å². The first-order chi connectivity index (χ1) is 9.14. The molecule has 3 nitrogen and oxygen atoms in total. The van der Waals surface area contributed by atoms with Gasteiger partial charge >= 0.3 is 0 Å². The van der Waals surface area contributed by atoms with E-state index < -0.39 is 0 Å². The lowest BCUT2D eigenvalue weighted by molar-refractivity contribution is -0.173. The van der Waals surface area contributed by atoms with Crippen molar-refractivity contribution < 1.29 is 9.47 Å². The number of rotatable bonds is 10. The first-order valence-electron chi connectivity index (χ1n) is 8.11. The van der Waals surface area contributed by atoms with E-state index in [9.17, 15) is 0 Å². The molecule has 19 heavy (non-hydrogen) atoms. The highest BCUT2D eigenvalue weighted by atomic mass is 16.5. The third-order valence-corrected chi connectivity index (χ3v) is 4.70. The molecule has 0 radical (unpaired) electrons. The third-order valence-electron chi connectivity index (χ3n) is 4.70. The number of hydrogen-bond acceptors (Lipinski definition) is 3. The van der Waals surface area contributed by atoms with Gasteiger partial charge in [0, 0.05) is 18.1 Å². The van der Waals surface area contributed by atoms with Gasteiger partial charge in [0.15, 0.2) is 0 Å². The molecule has 0 aromatic carbocycles. The Morgan fingerprint density at radius 3 is 2.42 bits per heavy atom. The van der Waals surface area contributed by atoms with E-state index in [1.54, 1.807) is 0 Å². The summed E-state index contributed by atoms with van der Waals surface area (Å²) in [6.07, 6.45) is 5.33. The number of nitrogens with one attached hydrogen (secondary N) is 1. The predicted molar refractivity (Wildman–Crippen MR) is 80.5 cm³/mol. The fourth-order valence-electron chi connectivity index (χ4n) is 3.35. The molecular formula is C16H33NO2. The van der Waals surface area contributed by atoms with E-state index in [1.165, 1.54) is 19.3 Å². The lowest BCUT2D eigenvalue weighted by Gasteiger charge is -2.56. The van der Waals surface area contributed by atoms with Gasteiger partial charge in [-0.2, -0.15) is 0 Å². The number of hydrogen-bond donors (Lipinski definition) is 1. The molecule has 0 aromatic heterocycles. The quantitative estimate of drug-likeness (QED) is 0.661. The monoisotopic (exact) mass is 271 g/mol. The van der Waals surface area contributed by atoms with Crippen LogP contribution >= 0.6 is 0 Å². The minimum Gasteiger partial charge on any atom is -0.379 e. The van der Waals surface area contributed by atoms with Gasteiger partial charge in [-0.05, 0) is 46.1 Å². The van der Waals surface area contributed by atoms with Gasteiger partial charge in [0.25, 0.3) is 0 Å². The highest BCUT2D eigenvalue weighted by Crippen LogP contribution is 2.49. The summed E-state index contributed by atoms with van der Waals surface area (Å²) in [5.74, 6) is 0. The van der Waals surface area contributed by atoms with Crippen molar-refractivity contribution in [2.45, 2.75) is 78.6 Å². The maximum Gasteiger partial charge on any atom is 0.0784 e. The molecule has 3 heteroatoms. The Bertz CT molecular complexity index is 241. The molecule has 0 heterocycles. The minimum absolute atomic E-state index is 0.203. The second-order valence-corrected chi connectivity index (χ2v) is 5.78. The van der Waals surface area contributed by atoms with Gasteiger partial charge in [-0.1, -0.05) is 20.8 Å². The summed E-state index contributed by atoms with van der Waals surface area (Å²) in [7, 11) is 0. The zero-order chi connectivity index (χ0) is 14.3. The van der Waals surface area contributed by atoms with Crippen molar-refractivity contribution >= 4 is 0 Å². The molecule has 3 unspecified atom stereocenters. The van der Waals surface area contributed by atoms with Crippen LogP contribution in [0.5, 0.6) is 0 Å². The summed E-state index contributed by atoms with van der Waals surface area (Å²) in [6, 6.07) is 0.631. The van der Waals surface area contributed by atoms with Crippen LogP contribution in [0.3, 0.4) is 0 Å². The summed E-state index contributed by atoms with van der Waals surface area (Å²) in [6.45, 7) is 13.6. The Labute approximate surface area is 119 Å². The topological polar surface area (TPSA) is 30.5 Å². The Morgan fingerprint density at radius 1 is 1.21 bits per heavy atom. The molecule has 3 atom stereocenters. The molecule has 0 saturated heterocycles. The smallest absolute Gasteiger partial charge is 0.0784 e. The van der Waals surface area contributed by atoms with E-state index in [0.29, 0.717) is 24.2 Å². The van der Waals surface area contributed by atoms with E-state index in [0.717, 1.165) is 19.6 Å². The van der Waals surface area contributed by atoms with E-state index in [1.807, 2.05) is 6.92 Å². The SMILES string of the molecule is CCCNC1CC(OC(C)COCC)C1(CC)CC. The largest absolute Gasteiger partial charge is 0.379 e. The van der Waals surface area contributed by atoms with Crippen LogP contribution in [0.1, 0.15) is 60.3 Å². The molecule has 0 bridgehead atoms.